The summed E-state index contributed by atoms with van der Waals surface area (Å²) in [5.41, 5.74) is 6.27. The van der Waals surface area contributed by atoms with Gasteiger partial charge in [0.15, 0.2) is 5.79 Å². The van der Waals surface area contributed by atoms with Crippen LogP contribution in [0.15, 0.2) is 41.8 Å². The lowest BCUT2D eigenvalue weighted by Gasteiger charge is -2.26. The lowest BCUT2D eigenvalue weighted by Crippen LogP contribution is -2.50. The number of ether oxygens (including phenoxy) is 3. The topological polar surface area (TPSA) is 156 Å². The molecule has 5 N–H and O–H groups in total. The van der Waals surface area contributed by atoms with Crippen molar-refractivity contribution >= 4 is 34.9 Å². The van der Waals surface area contributed by atoms with E-state index in [1.165, 1.54) is 16.2 Å². The number of carbonyl (C=O) groups is 3. The zero-order valence-electron chi connectivity index (χ0n) is 22.2. The van der Waals surface area contributed by atoms with Gasteiger partial charge in [-0.3, -0.25) is 19.8 Å². The van der Waals surface area contributed by atoms with E-state index >= 15 is 0 Å². The van der Waals surface area contributed by atoms with Crippen molar-refractivity contribution < 1.29 is 28.6 Å². The first-order valence-electron chi connectivity index (χ1n) is 13.6. The summed E-state index contributed by atoms with van der Waals surface area (Å²) >= 11 is 1.46. The number of benzene rings is 1. The molecule has 0 bridgehead atoms. The first-order valence-corrected chi connectivity index (χ1v) is 14.5. The van der Waals surface area contributed by atoms with Crippen molar-refractivity contribution in [2.45, 2.75) is 50.0 Å². The Morgan fingerprint density at radius 2 is 1.95 bits per heavy atom. The number of para-hydroxylation sites is 1. The molecule has 2 saturated heterocycles. The normalized spacial score (nSPS) is 20.3. The Morgan fingerprint density at radius 1 is 1.20 bits per heavy atom. The highest BCUT2D eigenvalue weighted by molar-refractivity contribution is 7.10. The number of rotatable bonds is 12. The minimum absolute atomic E-state index is 0.0146. The van der Waals surface area contributed by atoms with E-state index < -0.39 is 11.8 Å². The summed E-state index contributed by atoms with van der Waals surface area (Å²) in [7, 11) is 0. The van der Waals surface area contributed by atoms with E-state index in [-0.39, 0.29) is 55.5 Å². The molecule has 0 radical (unpaired) electrons. The molecule has 0 unspecified atom stereocenters. The van der Waals surface area contributed by atoms with Gasteiger partial charge in [-0.15, -0.1) is 11.3 Å². The Bertz CT molecular complexity index is 1230. The second kappa shape index (κ2) is 12.4. The van der Waals surface area contributed by atoms with E-state index in [1.54, 1.807) is 0 Å². The Kier molecular flexibility index (Phi) is 8.67. The van der Waals surface area contributed by atoms with Crippen LogP contribution in [0.4, 0.5) is 0 Å². The zero-order valence-corrected chi connectivity index (χ0v) is 23.0. The smallest absolute Gasteiger partial charge is 0.243 e. The number of nitrogens with zero attached hydrogens (tertiary/aromatic N) is 1. The van der Waals surface area contributed by atoms with E-state index in [4.69, 9.17) is 25.4 Å². The molecule has 11 nitrogen and oxygen atoms in total. The maximum Gasteiger partial charge on any atom is 0.243 e. The van der Waals surface area contributed by atoms with E-state index in [1.807, 2.05) is 41.8 Å². The van der Waals surface area contributed by atoms with Gasteiger partial charge in [-0.2, -0.15) is 0 Å². The Balaban J connectivity index is 1.17. The van der Waals surface area contributed by atoms with Gasteiger partial charge in [0.1, 0.15) is 17.6 Å². The number of thiophene rings is 1. The van der Waals surface area contributed by atoms with Gasteiger partial charge in [-0.25, -0.2) is 0 Å². The maximum absolute atomic E-state index is 13.6. The lowest BCUT2D eigenvalue weighted by molar-refractivity contribution is -0.152. The van der Waals surface area contributed by atoms with Gasteiger partial charge in [-0.05, 0) is 43.4 Å². The molecule has 5 rings (SSSR count). The molecule has 1 aromatic heterocycles. The Morgan fingerprint density at radius 3 is 2.62 bits per heavy atom. The number of nitrogens with one attached hydrogen (secondary N) is 3. The molecule has 1 spiro atoms. The first kappa shape index (κ1) is 28.1. The summed E-state index contributed by atoms with van der Waals surface area (Å²) in [5, 5.41) is 15.3. The third kappa shape index (κ3) is 6.80. The van der Waals surface area contributed by atoms with Crippen LogP contribution in [0.1, 0.15) is 48.6 Å². The van der Waals surface area contributed by atoms with Crippen LogP contribution in [-0.2, 0) is 23.9 Å². The maximum atomic E-state index is 13.6. The van der Waals surface area contributed by atoms with Crippen LogP contribution < -0.4 is 21.1 Å². The minimum Gasteiger partial charge on any atom is -0.494 e. The summed E-state index contributed by atoms with van der Waals surface area (Å²) in [6, 6.07) is 10.2. The third-order valence-corrected chi connectivity index (χ3v) is 8.37. The Hall–Kier alpha value is -3.48. The van der Waals surface area contributed by atoms with Gasteiger partial charge in [0.05, 0.1) is 39.0 Å². The molecular weight excluding hydrogens is 534 g/mol. The second-order valence-corrected chi connectivity index (χ2v) is 11.3. The highest BCUT2D eigenvalue weighted by Gasteiger charge is 2.53. The predicted octanol–water partition coefficient (Wildman–Crippen LogP) is 1.92. The van der Waals surface area contributed by atoms with Crippen molar-refractivity contribution in [2.75, 3.05) is 32.9 Å². The van der Waals surface area contributed by atoms with Crippen molar-refractivity contribution in [2.24, 2.45) is 11.7 Å². The van der Waals surface area contributed by atoms with Crippen LogP contribution >= 0.6 is 11.3 Å². The fourth-order valence-corrected chi connectivity index (χ4v) is 6.15. The second-order valence-electron chi connectivity index (χ2n) is 10.4. The van der Waals surface area contributed by atoms with E-state index in [0.717, 1.165) is 23.5 Å². The monoisotopic (exact) mass is 569 g/mol. The number of hydrogen-bond donors (Lipinski definition) is 4. The van der Waals surface area contributed by atoms with Crippen LogP contribution in [0, 0.1) is 11.3 Å². The quantitative estimate of drug-likeness (QED) is 0.173. The average Bonchev–Trinajstić information content (AvgIpc) is 3.33. The summed E-state index contributed by atoms with van der Waals surface area (Å²) < 4.78 is 17.3. The van der Waals surface area contributed by atoms with Crippen molar-refractivity contribution in [1.82, 2.24) is 15.5 Å². The van der Waals surface area contributed by atoms with Gasteiger partial charge in [0.2, 0.25) is 17.7 Å². The largest absolute Gasteiger partial charge is 0.494 e. The summed E-state index contributed by atoms with van der Waals surface area (Å²) in [6.07, 6.45) is 2.92. The molecule has 2 atom stereocenters. The molecule has 3 aliphatic rings. The van der Waals surface area contributed by atoms with Crippen molar-refractivity contribution in [3.63, 3.8) is 0 Å². The van der Waals surface area contributed by atoms with Gasteiger partial charge in [-0.1, -0.05) is 18.2 Å². The number of amidine groups is 1. The Labute approximate surface area is 236 Å². The van der Waals surface area contributed by atoms with E-state index in [2.05, 4.69) is 10.6 Å². The number of carbonyl (C=O) groups excluding carboxylic acids is 3. The molecule has 3 heterocycles. The lowest BCUT2D eigenvalue weighted by atomic mass is 10.1. The van der Waals surface area contributed by atoms with Crippen LogP contribution in [0.2, 0.25) is 0 Å². The fourth-order valence-electron chi connectivity index (χ4n) is 5.10. The molecule has 3 fully saturated rings. The molecule has 12 heteroatoms. The standard InChI is InChI=1S/C28H35N5O6S/c29-26(30)19-13-22(40-16-19)25(18-8-9-18)32-27(36)21-14-28(38-11-12-39-28)17-33(21)24(35)15-31-23(34)7-4-10-37-20-5-2-1-3-6-20/h1-3,5-6,13,16,18,21,25H,4,7-12,14-15,17H2,(H3,29,30)(H,31,34)(H,32,36)/t21-,25-/m0/s1. The minimum atomic E-state index is -1.02. The van der Waals surface area contributed by atoms with Gasteiger partial charge in [0.25, 0.3) is 0 Å². The molecule has 2 aromatic rings. The molecule has 1 aliphatic carbocycles. The number of hydrogen-bond acceptors (Lipinski definition) is 8. The zero-order chi connectivity index (χ0) is 28.1. The number of nitrogen functional groups attached to an aromatic ring is 1. The molecule has 3 amide bonds. The fraction of sp³-hybridized carbons (Fsp3) is 0.500. The van der Waals surface area contributed by atoms with E-state index in [0.29, 0.717) is 37.7 Å². The summed E-state index contributed by atoms with van der Waals surface area (Å²) in [5.74, 6) is -0.919. The summed E-state index contributed by atoms with van der Waals surface area (Å²) in [4.78, 5) is 41.6. The summed E-state index contributed by atoms with van der Waals surface area (Å²) in [6.45, 7) is 1.07. The molecule has 1 saturated carbocycles. The number of likely N-dealkylation sites (tertiary alicyclic amines) is 1. The van der Waals surface area contributed by atoms with Crippen LogP contribution in [0.3, 0.4) is 0 Å². The van der Waals surface area contributed by atoms with Gasteiger partial charge >= 0.3 is 0 Å². The highest BCUT2D eigenvalue weighted by Crippen LogP contribution is 2.43. The van der Waals surface area contributed by atoms with Gasteiger partial charge in [0, 0.05) is 28.7 Å². The molecule has 2 aliphatic heterocycles. The van der Waals surface area contributed by atoms with Crippen molar-refractivity contribution in [1.29, 1.82) is 5.41 Å². The predicted molar refractivity (Wildman–Crippen MR) is 148 cm³/mol. The van der Waals surface area contributed by atoms with Crippen LogP contribution in [0.25, 0.3) is 0 Å². The molecule has 214 valence electrons. The average molecular weight is 570 g/mol. The molecular formula is C28H35N5O6S. The van der Waals surface area contributed by atoms with Crippen LogP contribution in [-0.4, -0.2) is 73.2 Å². The molecule has 40 heavy (non-hydrogen) atoms. The van der Waals surface area contributed by atoms with Crippen molar-refractivity contribution in [3.8, 4) is 5.75 Å². The number of amides is 3. The van der Waals surface area contributed by atoms with Crippen LogP contribution in [0.5, 0.6) is 5.75 Å². The molecule has 1 aromatic carbocycles. The SMILES string of the molecule is N=C(N)c1csc([C@@H](NC(=O)[C@@H]2CC3(CN2C(=O)CNC(=O)CCCOc2ccccc2)OCCO3)C2CC2)c1. The first-order chi connectivity index (χ1) is 19.3. The van der Waals surface area contributed by atoms with E-state index in [9.17, 15) is 14.4 Å². The van der Waals surface area contributed by atoms with Gasteiger partial charge < -0.3 is 35.5 Å². The third-order valence-electron chi connectivity index (χ3n) is 7.35. The van der Waals surface area contributed by atoms with Crippen molar-refractivity contribution in [3.05, 3.63) is 52.2 Å². The highest BCUT2D eigenvalue weighted by atomic mass is 32.1. The number of nitrogens with two attached hydrogens (primary N) is 1.